The predicted molar refractivity (Wildman–Crippen MR) is 134 cm³/mol. The van der Waals surface area contributed by atoms with Gasteiger partial charge in [0.2, 0.25) is 5.88 Å². The lowest BCUT2D eigenvalue weighted by molar-refractivity contribution is 0.171. The first-order valence-electron chi connectivity index (χ1n) is 12.2. The van der Waals surface area contributed by atoms with E-state index in [-0.39, 0.29) is 11.6 Å². The van der Waals surface area contributed by atoms with Gasteiger partial charge in [0.25, 0.3) is 5.56 Å². The minimum Gasteiger partial charge on any atom is -0.481 e. The molecule has 7 heteroatoms. The zero-order valence-corrected chi connectivity index (χ0v) is 20.5. The fourth-order valence-electron chi connectivity index (χ4n) is 4.78. The molecule has 0 fully saturated rings. The van der Waals surface area contributed by atoms with E-state index in [0.29, 0.717) is 12.4 Å². The number of methoxy groups -OCH3 is 1. The first-order chi connectivity index (χ1) is 16.6. The van der Waals surface area contributed by atoms with Crippen LogP contribution in [0.2, 0.25) is 0 Å². The van der Waals surface area contributed by atoms with E-state index in [1.165, 1.54) is 0 Å². The molecule has 0 aliphatic heterocycles. The molecule has 1 atom stereocenters. The highest BCUT2D eigenvalue weighted by Gasteiger charge is 2.28. The van der Waals surface area contributed by atoms with Crippen LogP contribution in [0.5, 0.6) is 5.88 Å². The Kier molecular flexibility index (Phi) is 8.08. The maximum atomic E-state index is 13.6. The predicted octanol–water partition coefficient (Wildman–Crippen LogP) is 3.36. The normalized spacial score (nSPS) is 13.8. The Balaban J connectivity index is 1.74. The van der Waals surface area contributed by atoms with Crippen LogP contribution in [0.4, 0.5) is 0 Å². The second-order valence-corrected chi connectivity index (χ2v) is 8.83. The molecule has 2 aromatic heterocycles. The average molecular weight is 462 g/mol. The maximum absolute atomic E-state index is 13.6. The summed E-state index contributed by atoms with van der Waals surface area (Å²) in [6.45, 7) is 5.11. The molecule has 0 saturated heterocycles. The second kappa shape index (κ2) is 11.4. The molecule has 180 valence electrons. The van der Waals surface area contributed by atoms with E-state index < -0.39 is 0 Å². The molecule has 1 aromatic carbocycles. The van der Waals surface area contributed by atoms with E-state index in [0.717, 1.165) is 73.5 Å². The van der Waals surface area contributed by atoms with Gasteiger partial charge < -0.3 is 10.1 Å². The van der Waals surface area contributed by atoms with Crippen molar-refractivity contribution in [3.63, 3.8) is 0 Å². The Morgan fingerprint density at radius 2 is 1.97 bits per heavy atom. The van der Waals surface area contributed by atoms with Crippen molar-refractivity contribution in [1.29, 1.82) is 0 Å². The Labute approximate surface area is 201 Å². The van der Waals surface area contributed by atoms with Crippen molar-refractivity contribution < 1.29 is 4.74 Å². The van der Waals surface area contributed by atoms with Gasteiger partial charge in [-0.15, -0.1) is 0 Å². The van der Waals surface area contributed by atoms with Crippen molar-refractivity contribution >= 4 is 0 Å². The van der Waals surface area contributed by atoms with Crippen LogP contribution < -0.4 is 15.6 Å². The molecular formula is C27H35N5O2. The third-order valence-corrected chi connectivity index (χ3v) is 6.57. The third-order valence-electron chi connectivity index (χ3n) is 6.57. The molecule has 1 aliphatic rings. The molecule has 1 aliphatic carbocycles. The van der Waals surface area contributed by atoms with Gasteiger partial charge in [0.15, 0.2) is 0 Å². The molecule has 0 spiro atoms. The summed E-state index contributed by atoms with van der Waals surface area (Å²) in [6, 6.07) is 14.2. The molecule has 2 heterocycles. The number of nitrogens with one attached hydrogen (secondary N) is 1. The van der Waals surface area contributed by atoms with Crippen LogP contribution in [0, 0.1) is 0 Å². The van der Waals surface area contributed by atoms with Gasteiger partial charge in [-0.05, 0) is 43.9 Å². The van der Waals surface area contributed by atoms with E-state index in [9.17, 15) is 4.79 Å². The number of benzene rings is 1. The molecule has 3 aromatic rings. The molecule has 4 rings (SSSR count). The van der Waals surface area contributed by atoms with Gasteiger partial charge in [0.1, 0.15) is 5.82 Å². The van der Waals surface area contributed by atoms with Crippen molar-refractivity contribution in [2.24, 2.45) is 0 Å². The third kappa shape index (κ3) is 5.37. The highest BCUT2D eigenvalue weighted by molar-refractivity contribution is 5.26. The maximum Gasteiger partial charge on any atom is 0.257 e. The lowest BCUT2D eigenvalue weighted by Crippen LogP contribution is -2.39. The first kappa shape index (κ1) is 24.1. The Morgan fingerprint density at radius 1 is 1.15 bits per heavy atom. The highest BCUT2D eigenvalue weighted by atomic mass is 16.5. The molecule has 0 bridgehead atoms. The molecule has 0 saturated carbocycles. The van der Waals surface area contributed by atoms with E-state index >= 15 is 0 Å². The van der Waals surface area contributed by atoms with Crippen molar-refractivity contribution in [2.75, 3.05) is 27.2 Å². The number of hydrogen-bond donors (Lipinski definition) is 1. The second-order valence-electron chi connectivity index (χ2n) is 8.83. The van der Waals surface area contributed by atoms with Crippen LogP contribution in [0.3, 0.4) is 0 Å². The summed E-state index contributed by atoms with van der Waals surface area (Å²) in [5, 5.41) is 3.27. The Morgan fingerprint density at radius 3 is 2.65 bits per heavy atom. The van der Waals surface area contributed by atoms with E-state index in [4.69, 9.17) is 9.72 Å². The van der Waals surface area contributed by atoms with Gasteiger partial charge in [0, 0.05) is 37.5 Å². The minimum absolute atomic E-state index is 0.0118. The summed E-state index contributed by atoms with van der Waals surface area (Å²) in [6.07, 6.45) is 5.44. The summed E-state index contributed by atoms with van der Waals surface area (Å²) in [4.78, 5) is 25.6. The zero-order valence-electron chi connectivity index (χ0n) is 20.5. The van der Waals surface area contributed by atoms with Crippen molar-refractivity contribution in [3.05, 3.63) is 87.2 Å². The average Bonchev–Trinajstić information content (AvgIpc) is 3.35. The molecule has 34 heavy (non-hydrogen) atoms. The molecule has 1 unspecified atom stereocenters. The van der Waals surface area contributed by atoms with Gasteiger partial charge in [0.05, 0.1) is 25.4 Å². The Hall–Kier alpha value is -3.03. The quantitative estimate of drug-likeness (QED) is 0.472. The summed E-state index contributed by atoms with van der Waals surface area (Å²) in [5.74, 6) is 1.48. The van der Waals surface area contributed by atoms with Crippen LogP contribution in [0.15, 0.2) is 53.5 Å². The molecule has 7 nitrogen and oxygen atoms in total. The molecule has 1 N–H and O–H groups in total. The number of pyridine rings is 1. The van der Waals surface area contributed by atoms with Gasteiger partial charge >= 0.3 is 0 Å². The fraction of sp³-hybridized carbons (Fsp3) is 0.444. The van der Waals surface area contributed by atoms with Gasteiger partial charge in [-0.1, -0.05) is 43.3 Å². The van der Waals surface area contributed by atoms with Crippen LogP contribution in [0.25, 0.3) is 0 Å². The van der Waals surface area contributed by atoms with E-state index in [1.54, 1.807) is 7.11 Å². The first-order valence-corrected chi connectivity index (χ1v) is 12.2. The number of aromatic nitrogens is 3. The van der Waals surface area contributed by atoms with Crippen molar-refractivity contribution in [1.82, 2.24) is 24.8 Å². The largest absolute Gasteiger partial charge is 0.481 e. The lowest BCUT2D eigenvalue weighted by atomic mass is 10.1. The van der Waals surface area contributed by atoms with Gasteiger partial charge in [-0.25, -0.2) is 9.97 Å². The van der Waals surface area contributed by atoms with Gasteiger partial charge in [-0.2, -0.15) is 0 Å². The van der Waals surface area contributed by atoms with Crippen LogP contribution >= 0.6 is 0 Å². The molecule has 0 radical (unpaired) electrons. The summed E-state index contributed by atoms with van der Waals surface area (Å²) in [5.41, 5.74) is 4.23. The fourth-order valence-corrected chi connectivity index (χ4v) is 4.78. The van der Waals surface area contributed by atoms with Crippen LogP contribution in [-0.2, 0) is 25.9 Å². The smallest absolute Gasteiger partial charge is 0.257 e. The standard InChI is InChI=1S/C27H35N5O2/c1-4-24(31(16-15-28-2)18-21-13-14-25(34-3)29-17-21)26-30-23-12-8-11-22(23)27(33)32(26)19-20-9-6-5-7-10-20/h5-7,9-10,13-14,17,24,28H,4,8,11-12,15-16,18-19H2,1-3H3. The number of fused-ring (bicyclic) bond motifs is 1. The van der Waals surface area contributed by atoms with Gasteiger partial charge in [-0.3, -0.25) is 14.3 Å². The van der Waals surface area contributed by atoms with E-state index in [2.05, 4.69) is 40.3 Å². The SMILES string of the molecule is CCC(c1nc2c(c(=O)n1Cc1ccccc1)CCC2)N(CCNC)Cc1ccc(OC)nc1. The van der Waals surface area contributed by atoms with E-state index in [1.807, 2.05) is 42.1 Å². The van der Waals surface area contributed by atoms with Crippen LogP contribution in [0.1, 0.15) is 54.0 Å². The molecule has 0 amide bonds. The van der Waals surface area contributed by atoms with Crippen molar-refractivity contribution in [2.45, 2.75) is 51.7 Å². The Bertz CT molecular complexity index is 1130. The monoisotopic (exact) mass is 461 g/mol. The number of rotatable bonds is 11. The molecular weight excluding hydrogens is 426 g/mol. The number of hydrogen-bond acceptors (Lipinski definition) is 6. The topological polar surface area (TPSA) is 72.3 Å². The zero-order chi connectivity index (χ0) is 23.9. The summed E-state index contributed by atoms with van der Waals surface area (Å²) in [7, 11) is 3.59. The number of nitrogens with zero attached hydrogens (tertiary/aromatic N) is 4. The number of aryl methyl sites for hydroxylation is 1. The summed E-state index contributed by atoms with van der Waals surface area (Å²) < 4.78 is 7.15. The summed E-state index contributed by atoms with van der Waals surface area (Å²) >= 11 is 0. The van der Waals surface area contributed by atoms with Crippen molar-refractivity contribution in [3.8, 4) is 5.88 Å². The van der Waals surface area contributed by atoms with Crippen LogP contribution in [-0.4, -0.2) is 46.7 Å². The number of likely N-dealkylation sites (N-methyl/N-ethyl adjacent to an activating group) is 1. The number of ether oxygens (including phenoxy) is 1. The lowest BCUT2D eigenvalue weighted by Gasteiger charge is -2.32. The highest BCUT2D eigenvalue weighted by Crippen LogP contribution is 2.27. The minimum atomic E-state index is 0.0118.